The molecule has 6 heteroatoms. The number of likely N-dealkylation sites (tertiary alicyclic amines) is 1. The van der Waals surface area contributed by atoms with Crippen molar-refractivity contribution in [2.75, 3.05) is 25.9 Å². The van der Waals surface area contributed by atoms with Gasteiger partial charge in [-0.2, -0.15) is 0 Å². The summed E-state index contributed by atoms with van der Waals surface area (Å²) < 4.78 is 4.76. The fraction of sp³-hybridized carbons (Fsp3) is 0.429. The lowest BCUT2D eigenvalue weighted by Gasteiger charge is -2.18. The number of ether oxygens (including phenoxy) is 1. The maximum atomic E-state index is 12.5. The minimum Gasteiger partial charge on any atom is -0.469 e. The van der Waals surface area contributed by atoms with Crippen molar-refractivity contribution in [2.45, 2.75) is 6.92 Å². The van der Waals surface area contributed by atoms with Crippen molar-refractivity contribution < 1.29 is 14.3 Å². The quantitative estimate of drug-likeness (QED) is 0.667. The zero-order valence-electron chi connectivity index (χ0n) is 11.4. The molecule has 1 amide bonds. The fourth-order valence-electron chi connectivity index (χ4n) is 2.52. The smallest absolute Gasteiger partial charge is 0.310 e. The highest BCUT2D eigenvalue weighted by molar-refractivity contribution is 6.34. The number of carbonyl (C=O) groups excluding carboxylic acids is 2. The molecule has 1 aromatic carbocycles. The van der Waals surface area contributed by atoms with Crippen molar-refractivity contribution in [3.05, 3.63) is 28.8 Å². The van der Waals surface area contributed by atoms with Gasteiger partial charge in [0.05, 0.1) is 23.6 Å². The third-order valence-corrected chi connectivity index (χ3v) is 3.98. The van der Waals surface area contributed by atoms with Crippen molar-refractivity contribution in [3.63, 3.8) is 0 Å². The standard InChI is InChI=1S/C14H17ClN2O3/c1-8-6-17(7-9(8)14(19)20-2)13(18)12-10(15)4-3-5-11(12)16/h3-5,8-9H,6-7,16H2,1-2H3. The van der Waals surface area contributed by atoms with Crippen LogP contribution in [0.4, 0.5) is 5.69 Å². The Morgan fingerprint density at radius 2 is 2.10 bits per heavy atom. The summed E-state index contributed by atoms with van der Waals surface area (Å²) in [5, 5.41) is 0.323. The van der Waals surface area contributed by atoms with E-state index in [1.165, 1.54) is 7.11 Å². The van der Waals surface area contributed by atoms with Gasteiger partial charge in [0.2, 0.25) is 0 Å². The molecule has 2 unspecified atom stereocenters. The molecule has 0 aliphatic carbocycles. The Bertz CT molecular complexity index is 527. The van der Waals surface area contributed by atoms with Crippen molar-refractivity contribution in [2.24, 2.45) is 11.8 Å². The van der Waals surface area contributed by atoms with Gasteiger partial charge in [0.25, 0.3) is 5.91 Å². The molecule has 1 aromatic rings. The van der Waals surface area contributed by atoms with E-state index < -0.39 is 0 Å². The lowest BCUT2D eigenvalue weighted by atomic mass is 9.99. The van der Waals surface area contributed by atoms with Crippen LogP contribution in [0, 0.1) is 11.8 Å². The number of nitrogen functional groups attached to an aromatic ring is 1. The van der Waals surface area contributed by atoms with Gasteiger partial charge in [0, 0.05) is 18.8 Å². The number of carbonyl (C=O) groups is 2. The Morgan fingerprint density at radius 3 is 2.70 bits per heavy atom. The maximum absolute atomic E-state index is 12.5. The molecule has 1 heterocycles. The molecule has 1 saturated heterocycles. The molecule has 0 saturated carbocycles. The SMILES string of the molecule is COC(=O)C1CN(C(=O)c2c(N)cccc2Cl)CC1C. The molecule has 0 aromatic heterocycles. The van der Waals surface area contributed by atoms with E-state index in [0.717, 1.165) is 0 Å². The van der Waals surface area contributed by atoms with Crippen LogP contribution in [0.5, 0.6) is 0 Å². The molecule has 20 heavy (non-hydrogen) atoms. The Morgan fingerprint density at radius 1 is 1.40 bits per heavy atom. The first-order valence-corrected chi connectivity index (χ1v) is 6.74. The normalized spacial score (nSPS) is 21.9. The van der Waals surface area contributed by atoms with E-state index in [-0.39, 0.29) is 23.7 Å². The van der Waals surface area contributed by atoms with E-state index in [4.69, 9.17) is 22.1 Å². The van der Waals surface area contributed by atoms with E-state index in [1.807, 2.05) is 6.92 Å². The summed E-state index contributed by atoms with van der Waals surface area (Å²) in [5.74, 6) is -0.783. The van der Waals surface area contributed by atoms with Gasteiger partial charge in [-0.15, -0.1) is 0 Å². The second-order valence-electron chi connectivity index (χ2n) is 5.02. The first-order valence-electron chi connectivity index (χ1n) is 6.36. The van der Waals surface area contributed by atoms with Crippen molar-refractivity contribution >= 4 is 29.2 Å². The number of nitrogens with zero attached hydrogens (tertiary/aromatic N) is 1. The van der Waals surface area contributed by atoms with Gasteiger partial charge in [-0.3, -0.25) is 9.59 Å². The van der Waals surface area contributed by atoms with Crippen molar-refractivity contribution in [3.8, 4) is 0 Å². The predicted molar refractivity (Wildman–Crippen MR) is 76.4 cm³/mol. The molecule has 2 atom stereocenters. The second-order valence-corrected chi connectivity index (χ2v) is 5.43. The largest absolute Gasteiger partial charge is 0.469 e. The average molecular weight is 297 g/mol. The highest BCUT2D eigenvalue weighted by Gasteiger charge is 2.38. The van der Waals surface area contributed by atoms with Gasteiger partial charge in [0.15, 0.2) is 0 Å². The van der Waals surface area contributed by atoms with Crippen LogP contribution in [-0.2, 0) is 9.53 Å². The molecule has 108 valence electrons. The van der Waals surface area contributed by atoms with Crippen LogP contribution < -0.4 is 5.73 Å². The number of amides is 1. The van der Waals surface area contributed by atoms with Crippen molar-refractivity contribution in [1.29, 1.82) is 0 Å². The summed E-state index contributed by atoms with van der Waals surface area (Å²) in [6, 6.07) is 4.96. The minimum atomic E-state index is -0.298. The summed E-state index contributed by atoms with van der Waals surface area (Å²) in [5.41, 5.74) is 6.46. The van der Waals surface area contributed by atoms with Gasteiger partial charge in [-0.1, -0.05) is 24.6 Å². The summed E-state index contributed by atoms with van der Waals surface area (Å²) in [6.45, 7) is 2.74. The number of methoxy groups -OCH3 is 1. The number of benzene rings is 1. The van der Waals surface area contributed by atoms with Crippen LogP contribution >= 0.6 is 11.6 Å². The minimum absolute atomic E-state index is 0.0510. The predicted octanol–water partition coefficient (Wildman–Crippen LogP) is 1.80. The maximum Gasteiger partial charge on any atom is 0.310 e. The topological polar surface area (TPSA) is 72.6 Å². The highest BCUT2D eigenvalue weighted by atomic mass is 35.5. The Kier molecular flexibility index (Phi) is 4.18. The van der Waals surface area contributed by atoms with Crippen LogP contribution in [0.3, 0.4) is 0 Å². The number of halogens is 1. The number of nitrogens with two attached hydrogens (primary N) is 1. The van der Waals surface area contributed by atoms with Crippen LogP contribution in [0.2, 0.25) is 5.02 Å². The zero-order chi connectivity index (χ0) is 14.9. The van der Waals surface area contributed by atoms with Crippen molar-refractivity contribution in [1.82, 2.24) is 4.90 Å². The number of rotatable bonds is 2. The molecule has 2 rings (SSSR count). The Balaban J connectivity index is 2.22. The van der Waals surface area contributed by atoms with Gasteiger partial charge >= 0.3 is 5.97 Å². The Labute approximate surface area is 122 Å². The highest BCUT2D eigenvalue weighted by Crippen LogP contribution is 2.29. The van der Waals surface area contributed by atoms with Gasteiger partial charge < -0.3 is 15.4 Å². The molecule has 1 aliphatic rings. The number of anilines is 1. The van der Waals surface area contributed by atoms with Crippen LogP contribution in [0.15, 0.2) is 18.2 Å². The number of esters is 1. The van der Waals surface area contributed by atoms with E-state index in [2.05, 4.69) is 0 Å². The summed E-state index contributed by atoms with van der Waals surface area (Å²) in [6.07, 6.45) is 0. The second kappa shape index (κ2) is 5.71. The van der Waals surface area contributed by atoms with Gasteiger partial charge in [-0.25, -0.2) is 0 Å². The molecular formula is C14H17ClN2O3. The van der Waals surface area contributed by atoms with E-state index >= 15 is 0 Å². The lowest BCUT2D eigenvalue weighted by molar-refractivity contribution is -0.146. The molecule has 0 radical (unpaired) electrons. The molecular weight excluding hydrogens is 280 g/mol. The van der Waals surface area contributed by atoms with Crippen LogP contribution in [0.1, 0.15) is 17.3 Å². The Hall–Kier alpha value is -1.75. The molecule has 2 N–H and O–H groups in total. The van der Waals surface area contributed by atoms with E-state index in [1.54, 1.807) is 23.1 Å². The third kappa shape index (κ3) is 2.58. The number of hydrogen-bond acceptors (Lipinski definition) is 4. The summed E-state index contributed by atoms with van der Waals surface area (Å²) in [7, 11) is 1.35. The first-order chi connectivity index (χ1) is 9.45. The van der Waals surface area contributed by atoms with Gasteiger partial charge in [0.1, 0.15) is 0 Å². The summed E-state index contributed by atoms with van der Waals surface area (Å²) >= 11 is 6.05. The lowest BCUT2D eigenvalue weighted by Crippen LogP contribution is -2.31. The molecule has 0 bridgehead atoms. The van der Waals surface area contributed by atoms with Gasteiger partial charge in [-0.05, 0) is 18.1 Å². The average Bonchev–Trinajstić information content (AvgIpc) is 2.79. The van der Waals surface area contributed by atoms with E-state index in [9.17, 15) is 9.59 Å². The summed E-state index contributed by atoms with van der Waals surface area (Å²) in [4.78, 5) is 25.8. The third-order valence-electron chi connectivity index (χ3n) is 3.66. The molecule has 5 nitrogen and oxygen atoms in total. The molecule has 0 spiro atoms. The first kappa shape index (κ1) is 14.7. The zero-order valence-corrected chi connectivity index (χ0v) is 12.2. The van der Waals surface area contributed by atoms with Crippen LogP contribution in [-0.4, -0.2) is 37.0 Å². The monoisotopic (exact) mass is 296 g/mol. The van der Waals surface area contributed by atoms with E-state index in [0.29, 0.717) is 29.4 Å². The molecule has 1 fully saturated rings. The number of hydrogen-bond donors (Lipinski definition) is 1. The van der Waals surface area contributed by atoms with Crippen LogP contribution in [0.25, 0.3) is 0 Å². The fourth-order valence-corrected chi connectivity index (χ4v) is 2.78. The molecule has 1 aliphatic heterocycles.